The predicted molar refractivity (Wildman–Crippen MR) is 62.8 cm³/mol. The van der Waals surface area contributed by atoms with Crippen molar-refractivity contribution >= 4 is 0 Å². The first-order valence-electron chi connectivity index (χ1n) is 6.22. The van der Waals surface area contributed by atoms with E-state index >= 15 is 0 Å². The summed E-state index contributed by atoms with van der Waals surface area (Å²) in [6, 6.07) is 0. The Morgan fingerprint density at radius 2 is 2.40 bits per heavy atom. The molecule has 0 saturated carbocycles. The van der Waals surface area contributed by atoms with Crippen LogP contribution in [0.1, 0.15) is 45.4 Å². The fourth-order valence-electron chi connectivity index (χ4n) is 1.81. The van der Waals surface area contributed by atoms with Crippen LogP contribution in [0.25, 0.3) is 0 Å². The van der Waals surface area contributed by atoms with E-state index in [9.17, 15) is 0 Å². The van der Waals surface area contributed by atoms with Gasteiger partial charge >= 0.3 is 0 Å². The van der Waals surface area contributed by atoms with Crippen molar-refractivity contribution in [3.8, 4) is 0 Å². The zero-order chi connectivity index (χ0) is 10.9. The van der Waals surface area contributed by atoms with Gasteiger partial charge in [0.15, 0.2) is 6.29 Å². The summed E-state index contributed by atoms with van der Waals surface area (Å²) in [4.78, 5) is 0. The van der Waals surface area contributed by atoms with Crippen LogP contribution in [0.5, 0.6) is 0 Å². The maximum Gasteiger partial charge on any atom is 0.157 e. The zero-order valence-corrected chi connectivity index (χ0v) is 9.91. The summed E-state index contributed by atoms with van der Waals surface area (Å²) < 4.78 is 11.3. The molecule has 0 bridgehead atoms. The van der Waals surface area contributed by atoms with Crippen LogP contribution in [0.3, 0.4) is 0 Å². The molecule has 0 aromatic carbocycles. The molecular weight excluding hydrogens is 188 g/mol. The summed E-state index contributed by atoms with van der Waals surface area (Å²) >= 11 is 0. The van der Waals surface area contributed by atoms with Gasteiger partial charge in [-0.1, -0.05) is 25.8 Å². The van der Waals surface area contributed by atoms with E-state index in [1.54, 1.807) is 0 Å². The monoisotopic (exact) mass is 212 g/mol. The second-order valence-electron chi connectivity index (χ2n) is 4.27. The van der Waals surface area contributed by atoms with Crippen molar-refractivity contribution in [3.63, 3.8) is 0 Å². The van der Waals surface area contributed by atoms with E-state index < -0.39 is 0 Å². The topological polar surface area (TPSA) is 18.5 Å². The van der Waals surface area contributed by atoms with Gasteiger partial charge in [0, 0.05) is 12.5 Å². The minimum atomic E-state index is 0.0443. The van der Waals surface area contributed by atoms with Crippen molar-refractivity contribution in [2.45, 2.75) is 51.7 Å². The Hall–Kier alpha value is -0.340. The molecule has 88 valence electrons. The van der Waals surface area contributed by atoms with Crippen molar-refractivity contribution in [2.75, 3.05) is 13.2 Å². The molecule has 0 spiro atoms. The van der Waals surface area contributed by atoms with Gasteiger partial charge in [0.05, 0.1) is 6.61 Å². The molecule has 0 aromatic rings. The van der Waals surface area contributed by atoms with Gasteiger partial charge in [0.25, 0.3) is 0 Å². The van der Waals surface area contributed by atoms with Crippen LogP contribution in [-0.4, -0.2) is 19.5 Å². The normalized spacial score (nSPS) is 23.7. The van der Waals surface area contributed by atoms with Crippen LogP contribution < -0.4 is 0 Å². The number of rotatable bonds is 7. The minimum absolute atomic E-state index is 0.0443. The van der Waals surface area contributed by atoms with Gasteiger partial charge in [-0.3, -0.25) is 0 Å². The quantitative estimate of drug-likeness (QED) is 0.601. The Labute approximate surface area is 93.7 Å². The van der Waals surface area contributed by atoms with Crippen molar-refractivity contribution in [1.82, 2.24) is 0 Å². The van der Waals surface area contributed by atoms with Crippen LogP contribution in [0, 0.1) is 5.92 Å². The SMILES string of the molecule is C=CC(CCCC)COC1CCCCO1. The highest BCUT2D eigenvalue weighted by Gasteiger charge is 2.15. The summed E-state index contributed by atoms with van der Waals surface area (Å²) in [6.45, 7) is 7.70. The summed E-state index contributed by atoms with van der Waals surface area (Å²) in [7, 11) is 0. The Kier molecular flexibility index (Phi) is 6.69. The third-order valence-electron chi connectivity index (χ3n) is 2.90. The molecule has 2 heteroatoms. The molecule has 0 amide bonds. The Morgan fingerprint density at radius 3 is 3.00 bits per heavy atom. The predicted octanol–water partition coefficient (Wildman–Crippen LogP) is 3.52. The van der Waals surface area contributed by atoms with Gasteiger partial charge in [-0.15, -0.1) is 6.58 Å². The second-order valence-corrected chi connectivity index (χ2v) is 4.27. The van der Waals surface area contributed by atoms with Crippen molar-refractivity contribution in [3.05, 3.63) is 12.7 Å². The summed E-state index contributed by atoms with van der Waals surface area (Å²) in [5.41, 5.74) is 0. The number of unbranched alkanes of at least 4 members (excludes halogenated alkanes) is 1. The Morgan fingerprint density at radius 1 is 1.53 bits per heavy atom. The summed E-state index contributed by atoms with van der Waals surface area (Å²) in [6.07, 6.45) is 9.21. The van der Waals surface area contributed by atoms with Crippen LogP contribution in [-0.2, 0) is 9.47 Å². The van der Waals surface area contributed by atoms with Crippen molar-refractivity contribution in [2.24, 2.45) is 5.92 Å². The highest BCUT2D eigenvalue weighted by atomic mass is 16.7. The smallest absolute Gasteiger partial charge is 0.157 e. The lowest BCUT2D eigenvalue weighted by atomic mass is 10.0. The van der Waals surface area contributed by atoms with Gasteiger partial charge in [-0.05, 0) is 25.7 Å². The minimum Gasteiger partial charge on any atom is -0.353 e. The highest BCUT2D eigenvalue weighted by Crippen LogP contribution is 2.17. The fourth-order valence-corrected chi connectivity index (χ4v) is 1.81. The molecule has 2 nitrogen and oxygen atoms in total. The first-order valence-corrected chi connectivity index (χ1v) is 6.22. The lowest BCUT2D eigenvalue weighted by Crippen LogP contribution is -2.24. The van der Waals surface area contributed by atoms with E-state index in [1.165, 1.54) is 32.1 Å². The molecule has 15 heavy (non-hydrogen) atoms. The van der Waals surface area contributed by atoms with Crippen molar-refractivity contribution in [1.29, 1.82) is 0 Å². The Balaban J connectivity index is 2.11. The van der Waals surface area contributed by atoms with Gasteiger partial charge < -0.3 is 9.47 Å². The fraction of sp³-hybridized carbons (Fsp3) is 0.846. The van der Waals surface area contributed by atoms with Crippen molar-refractivity contribution < 1.29 is 9.47 Å². The highest BCUT2D eigenvalue weighted by molar-refractivity contribution is 4.78. The maximum atomic E-state index is 5.74. The van der Waals surface area contributed by atoms with E-state index in [0.29, 0.717) is 5.92 Å². The first-order chi connectivity index (χ1) is 7.36. The van der Waals surface area contributed by atoms with Gasteiger partial charge in [0.2, 0.25) is 0 Å². The molecule has 0 aromatic heterocycles. The van der Waals surface area contributed by atoms with Gasteiger partial charge in [-0.25, -0.2) is 0 Å². The average molecular weight is 212 g/mol. The molecule has 1 aliphatic rings. The first kappa shape index (κ1) is 12.7. The number of hydrogen-bond donors (Lipinski definition) is 0. The lowest BCUT2D eigenvalue weighted by molar-refractivity contribution is -0.167. The molecule has 0 aliphatic carbocycles. The molecule has 2 unspecified atom stereocenters. The molecule has 1 aliphatic heterocycles. The number of ether oxygens (including phenoxy) is 2. The largest absolute Gasteiger partial charge is 0.353 e. The lowest BCUT2D eigenvalue weighted by Gasteiger charge is -2.24. The summed E-state index contributed by atoms with van der Waals surface area (Å²) in [5, 5.41) is 0. The van der Waals surface area contributed by atoms with Crippen LogP contribution in [0.2, 0.25) is 0 Å². The zero-order valence-electron chi connectivity index (χ0n) is 9.91. The summed E-state index contributed by atoms with van der Waals surface area (Å²) in [5.74, 6) is 0.496. The molecule has 1 heterocycles. The van der Waals surface area contributed by atoms with E-state index in [4.69, 9.17) is 9.47 Å². The van der Waals surface area contributed by atoms with E-state index in [1.807, 2.05) is 6.08 Å². The van der Waals surface area contributed by atoms with Crippen LogP contribution in [0.4, 0.5) is 0 Å². The number of hydrogen-bond acceptors (Lipinski definition) is 2. The third-order valence-corrected chi connectivity index (χ3v) is 2.90. The molecule has 0 N–H and O–H groups in total. The second kappa shape index (κ2) is 7.89. The third kappa shape index (κ3) is 5.33. The van der Waals surface area contributed by atoms with Gasteiger partial charge in [0.1, 0.15) is 0 Å². The van der Waals surface area contributed by atoms with Crippen LogP contribution in [0.15, 0.2) is 12.7 Å². The molecule has 1 rings (SSSR count). The van der Waals surface area contributed by atoms with E-state index in [2.05, 4.69) is 13.5 Å². The average Bonchev–Trinajstić information content (AvgIpc) is 2.31. The molecule has 1 fully saturated rings. The molecule has 2 atom stereocenters. The van der Waals surface area contributed by atoms with Crippen LogP contribution >= 0.6 is 0 Å². The standard InChI is InChI=1S/C13H24O2/c1-3-5-8-12(4-2)11-15-13-9-6-7-10-14-13/h4,12-13H,2-3,5-11H2,1H3. The maximum absolute atomic E-state index is 5.74. The molecule has 0 radical (unpaired) electrons. The van der Waals surface area contributed by atoms with Gasteiger partial charge in [-0.2, -0.15) is 0 Å². The Bertz CT molecular complexity index is 162. The van der Waals surface area contributed by atoms with E-state index in [-0.39, 0.29) is 6.29 Å². The molecule has 1 saturated heterocycles. The van der Waals surface area contributed by atoms with E-state index in [0.717, 1.165) is 19.6 Å². The molecular formula is C13H24O2.